The minimum atomic E-state index is -0.0621. The molecule has 1 aliphatic rings. The first-order valence-corrected chi connectivity index (χ1v) is 7.11. The van der Waals surface area contributed by atoms with Crippen LogP contribution >= 0.6 is 0 Å². The summed E-state index contributed by atoms with van der Waals surface area (Å²) in [6.07, 6.45) is 0. The van der Waals surface area contributed by atoms with Crippen LogP contribution in [0.4, 0.5) is 10.5 Å². The Kier molecular flexibility index (Phi) is 3.87. The molecule has 22 heavy (non-hydrogen) atoms. The first-order chi connectivity index (χ1) is 10.7. The molecule has 0 unspecified atom stereocenters. The zero-order valence-electron chi connectivity index (χ0n) is 12.6. The summed E-state index contributed by atoms with van der Waals surface area (Å²) in [5.74, 6) is 1.35. The van der Waals surface area contributed by atoms with Crippen molar-refractivity contribution in [1.82, 2.24) is 5.32 Å². The highest BCUT2D eigenvalue weighted by Crippen LogP contribution is 2.36. The first-order valence-electron chi connectivity index (χ1n) is 7.11. The Hall–Kier alpha value is -2.69. The molecule has 1 N–H and O–H groups in total. The van der Waals surface area contributed by atoms with Gasteiger partial charge in [-0.3, -0.25) is 4.90 Å². The number of carbonyl (C=O) groups excluding carboxylic acids is 1. The lowest BCUT2D eigenvalue weighted by atomic mass is 10.0. The first kappa shape index (κ1) is 14.3. The van der Waals surface area contributed by atoms with E-state index < -0.39 is 0 Å². The summed E-state index contributed by atoms with van der Waals surface area (Å²) in [4.78, 5) is 13.7. The number of amides is 2. The van der Waals surface area contributed by atoms with Crippen molar-refractivity contribution in [2.24, 2.45) is 0 Å². The van der Waals surface area contributed by atoms with E-state index in [1.807, 2.05) is 42.5 Å². The van der Waals surface area contributed by atoms with Crippen molar-refractivity contribution < 1.29 is 14.3 Å². The average molecular weight is 298 g/mol. The van der Waals surface area contributed by atoms with E-state index >= 15 is 0 Å². The molecule has 3 rings (SSSR count). The molecule has 0 aliphatic carbocycles. The Morgan fingerprint density at radius 2 is 1.82 bits per heavy atom. The Balaban J connectivity index is 2.07. The van der Waals surface area contributed by atoms with Gasteiger partial charge in [0, 0.05) is 18.7 Å². The lowest BCUT2D eigenvalue weighted by Gasteiger charge is -2.19. The Morgan fingerprint density at radius 3 is 2.50 bits per heavy atom. The lowest BCUT2D eigenvalue weighted by Crippen LogP contribution is -2.28. The van der Waals surface area contributed by atoms with Gasteiger partial charge in [0.1, 0.15) is 0 Å². The molecule has 0 aromatic heterocycles. The maximum atomic E-state index is 12.0. The molecule has 1 heterocycles. The van der Waals surface area contributed by atoms with Gasteiger partial charge in [-0.25, -0.2) is 4.79 Å². The summed E-state index contributed by atoms with van der Waals surface area (Å²) >= 11 is 0. The molecule has 2 amide bonds. The molecule has 5 nitrogen and oxygen atoms in total. The number of hydrogen-bond donors (Lipinski definition) is 1. The quantitative estimate of drug-likeness (QED) is 0.944. The summed E-state index contributed by atoms with van der Waals surface area (Å²) in [6, 6.07) is 13.6. The number of para-hydroxylation sites is 1. The van der Waals surface area contributed by atoms with Crippen LogP contribution in [-0.2, 0) is 0 Å². The van der Waals surface area contributed by atoms with Gasteiger partial charge in [0.05, 0.1) is 19.9 Å². The highest BCUT2D eigenvalue weighted by Gasteiger charge is 2.23. The SMILES string of the molecule is COc1ccc(-c2ccccc2N2CCNC2=O)cc1OC. The number of rotatable bonds is 4. The molecule has 0 spiro atoms. The number of hydrogen-bond acceptors (Lipinski definition) is 3. The van der Waals surface area contributed by atoms with Crippen molar-refractivity contribution >= 4 is 11.7 Å². The zero-order valence-corrected chi connectivity index (χ0v) is 12.6. The Bertz CT molecular complexity index is 700. The standard InChI is InChI=1S/C17H18N2O3/c1-21-15-8-7-12(11-16(15)22-2)13-5-3-4-6-14(13)19-10-9-18-17(19)20/h3-8,11H,9-10H2,1-2H3,(H,18,20). The van der Waals surface area contributed by atoms with Crippen molar-refractivity contribution in [3.8, 4) is 22.6 Å². The lowest BCUT2D eigenvalue weighted by molar-refractivity contribution is 0.252. The summed E-state index contributed by atoms with van der Waals surface area (Å²) < 4.78 is 10.6. The third-order valence-electron chi connectivity index (χ3n) is 3.75. The number of methoxy groups -OCH3 is 2. The van der Waals surface area contributed by atoms with E-state index in [1.165, 1.54) is 0 Å². The van der Waals surface area contributed by atoms with Gasteiger partial charge in [0.25, 0.3) is 0 Å². The van der Waals surface area contributed by atoms with Crippen molar-refractivity contribution in [2.45, 2.75) is 0 Å². The van der Waals surface area contributed by atoms with Crippen LogP contribution in [0.1, 0.15) is 0 Å². The van der Waals surface area contributed by atoms with E-state index in [0.717, 1.165) is 16.8 Å². The second-order valence-corrected chi connectivity index (χ2v) is 4.97. The van der Waals surface area contributed by atoms with Crippen LogP contribution < -0.4 is 19.7 Å². The van der Waals surface area contributed by atoms with Gasteiger partial charge in [0.15, 0.2) is 11.5 Å². The van der Waals surface area contributed by atoms with Gasteiger partial charge in [-0.2, -0.15) is 0 Å². The molecule has 1 fully saturated rings. The number of carbonyl (C=O) groups is 1. The summed E-state index contributed by atoms with van der Waals surface area (Å²) in [6.45, 7) is 1.34. The fourth-order valence-corrected chi connectivity index (χ4v) is 2.66. The molecule has 1 saturated heterocycles. The van der Waals surface area contributed by atoms with Gasteiger partial charge in [-0.05, 0) is 23.8 Å². The van der Waals surface area contributed by atoms with E-state index in [-0.39, 0.29) is 6.03 Å². The van der Waals surface area contributed by atoms with Crippen LogP contribution in [0.5, 0.6) is 11.5 Å². The average Bonchev–Trinajstić information content (AvgIpc) is 3.00. The second kappa shape index (κ2) is 5.97. The fourth-order valence-electron chi connectivity index (χ4n) is 2.66. The molecule has 0 saturated carbocycles. The van der Waals surface area contributed by atoms with Crippen LogP contribution in [-0.4, -0.2) is 33.3 Å². The number of nitrogens with one attached hydrogen (secondary N) is 1. The van der Waals surface area contributed by atoms with E-state index in [4.69, 9.17) is 9.47 Å². The Morgan fingerprint density at radius 1 is 1.05 bits per heavy atom. The van der Waals surface area contributed by atoms with E-state index in [0.29, 0.717) is 24.6 Å². The molecule has 0 bridgehead atoms. The Labute approximate surface area is 129 Å². The molecule has 114 valence electrons. The van der Waals surface area contributed by atoms with Gasteiger partial charge in [-0.15, -0.1) is 0 Å². The molecule has 2 aromatic carbocycles. The number of benzene rings is 2. The topological polar surface area (TPSA) is 50.8 Å². The maximum absolute atomic E-state index is 12.0. The summed E-state index contributed by atoms with van der Waals surface area (Å²) in [5.41, 5.74) is 2.86. The van der Waals surface area contributed by atoms with Crippen LogP contribution in [0, 0.1) is 0 Å². The molecule has 0 radical (unpaired) electrons. The fraction of sp³-hybridized carbons (Fsp3) is 0.235. The minimum absolute atomic E-state index is 0.0621. The predicted molar refractivity (Wildman–Crippen MR) is 85.7 cm³/mol. The van der Waals surface area contributed by atoms with Crippen molar-refractivity contribution in [3.63, 3.8) is 0 Å². The van der Waals surface area contributed by atoms with Crippen molar-refractivity contribution in [1.29, 1.82) is 0 Å². The maximum Gasteiger partial charge on any atom is 0.322 e. The third-order valence-corrected chi connectivity index (χ3v) is 3.75. The van der Waals surface area contributed by atoms with Gasteiger partial charge in [0.2, 0.25) is 0 Å². The van der Waals surface area contributed by atoms with Crippen molar-refractivity contribution in [2.75, 3.05) is 32.2 Å². The van der Waals surface area contributed by atoms with E-state index in [1.54, 1.807) is 19.1 Å². The van der Waals surface area contributed by atoms with Gasteiger partial charge in [-0.1, -0.05) is 24.3 Å². The van der Waals surface area contributed by atoms with Crippen LogP contribution in [0.2, 0.25) is 0 Å². The molecule has 5 heteroatoms. The van der Waals surface area contributed by atoms with Crippen LogP contribution in [0.3, 0.4) is 0 Å². The van der Waals surface area contributed by atoms with Gasteiger partial charge < -0.3 is 14.8 Å². The monoisotopic (exact) mass is 298 g/mol. The van der Waals surface area contributed by atoms with E-state index in [9.17, 15) is 4.79 Å². The minimum Gasteiger partial charge on any atom is -0.493 e. The zero-order chi connectivity index (χ0) is 15.5. The second-order valence-electron chi connectivity index (χ2n) is 4.97. The molecular weight excluding hydrogens is 280 g/mol. The summed E-state index contributed by atoms with van der Waals surface area (Å²) in [5, 5.41) is 2.83. The molecule has 1 aliphatic heterocycles. The normalized spacial score (nSPS) is 13.9. The molecule has 2 aromatic rings. The molecule has 0 atom stereocenters. The van der Waals surface area contributed by atoms with Crippen molar-refractivity contribution in [3.05, 3.63) is 42.5 Å². The number of nitrogens with zero attached hydrogens (tertiary/aromatic N) is 1. The van der Waals surface area contributed by atoms with Gasteiger partial charge >= 0.3 is 6.03 Å². The van der Waals surface area contributed by atoms with Crippen LogP contribution in [0.25, 0.3) is 11.1 Å². The predicted octanol–water partition coefficient (Wildman–Crippen LogP) is 2.90. The smallest absolute Gasteiger partial charge is 0.322 e. The third kappa shape index (κ3) is 2.45. The largest absolute Gasteiger partial charge is 0.493 e. The molecular formula is C17H18N2O3. The van der Waals surface area contributed by atoms with E-state index in [2.05, 4.69) is 5.32 Å². The highest BCUT2D eigenvalue weighted by atomic mass is 16.5. The summed E-state index contributed by atoms with van der Waals surface area (Å²) in [7, 11) is 3.22. The van der Waals surface area contributed by atoms with Crippen LogP contribution in [0.15, 0.2) is 42.5 Å². The number of ether oxygens (including phenoxy) is 2. The number of anilines is 1. The number of urea groups is 1. The highest BCUT2D eigenvalue weighted by molar-refractivity contribution is 5.98.